The van der Waals surface area contributed by atoms with Crippen LogP contribution in [0.1, 0.15) is 59.3 Å². The fourth-order valence-corrected chi connectivity index (χ4v) is 4.04. The molecule has 2 aliphatic rings. The van der Waals surface area contributed by atoms with Gasteiger partial charge in [0, 0.05) is 18.6 Å². The van der Waals surface area contributed by atoms with Gasteiger partial charge in [0.05, 0.1) is 0 Å². The van der Waals surface area contributed by atoms with Crippen LogP contribution in [0.15, 0.2) is 0 Å². The van der Waals surface area contributed by atoms with Gasteiger partial charge in [-0.15, -0.1) is 0 Å². The number of piperidine rings is 1. The molecule has 2 heteroatoms. The Balaban J connectivity index is 1.95. The molecule has 1 heterocycles. The summed E-state index contributed by atoms with van der Waals surface area (Å²) in [5.41, 5.74) is 0.553. The second-order valence-corrected chi connectivity index (χ2v) is 7.40. The van der Waals surface area contributed by atoms with Gasteiger partial charge in [0.15, 0.2) is 0 Å². The third-order valence-corrected chi connectivity index (χ3v) is 5.30. The number of nitrogens with zero attached hydrogens (tertiary/aromatic N) is 1. The highest BCUT2D eigenvalue weighted by Crippen LogP contribution is 2.39. The summed E-state index contributed by atoms with van der Waals surface area (Å²) >= 11 is 0. The van der Waals surface area contributed by atoms with Crippen LogP contribution in [0.25, 0.3) is 0 Å². The van der Waals surface area contributed by atoms with Crippen LogP contribution < -0.4 is 5.32 Å². The van der Waals surface area contributed by atoms with Crippen molar-refractivity contribution < 1.29 is 0 Å². The van der Waals surface area contributed by atoms with Gasteiger partial charge in [0.25, 0.3) is 0 Å². The summed E-state index contributed by atoms with van der Waals surface area (Å²) in [6.45, 7) is 9.96. The lowest BCUT2D eigenvalue weighted by atomic mass is 9.69. The van der Waals surface area contributed by atoms with E-state index in [4.69, 9.17) is 0 Å². The van der Waals surface area contributed by atoms with Crippen molar-refractivity contribution in [2.75, 3.05) is 20.1 Å². The molecule has 0 aromatic heterocycles. The largest absolute Gasteiger partial charge is 0.317 e. The standard InChI is InChI=1S/C16H32N2/c1-13-7-5-6-10-18(13)12-14-11-16(2,3)9-8-15(14)17-4/h13-15,17H,5-12H2,1-4H3. The summed E-state index contributed by atoms with van der Waals surface area (Å²) in [4.78, 5) is 2.75. The van der Waals surface area contributed by atoms with Crippen molar-refractivity contribution in [3.8, 4) is 0 Å². The SMILES string of the molecule is CNC1CCC(C)(C)CC1CN1CCCCC1C. The van der Waals surface area contributed by atoms with E-state index in [-0.39, 0.29) is 0 Å². The van der Waals surface area contributed by atoms with Crippen LogP contribution in [-0.4, -0.2) is 37.1 Å². The Morgan fingerprint density at radius 2 is 2.00 bits per heavy atom. The molecule has 0 radical (unpaired) electrons. The third-order valence-electron chi connectivity index (χ3n) is 5.30. The van der Waals surface area contributed by atoms with Gasteiger partial charge in [-0.3, -0.25) is 0 Å². The van der Waals surface area contributed by atoms with Crippen LogP contribution >= 0.6 is 0 Å². The molecule has 1 aliphatic carbocycles. The lowest BCUT2D eigenvalue weighted by Gasteiger charge is -2.44. The van der Waals surface area contributed by atoms with Crippen LogP contribution in [0.4, 0.5) is 0 Å². The lowest BCUT2D eigenvalue weighted by Crippen LogP contribution is -2.49. The molecule has 0 aromatic carbocycles. The monoisotopic (exact) mass is 252 g/mol. The second kappa shape index (κ2) is 5.92. The van der Waals surface area contributed by atoms with Crippen LogP contribution in [0.5, 0.6) is 0 Å². The van der Waals surface area contributed by atoms with E-state index in [1.165, 1.54) is 51.6 Å². The Morgan fingerprint density at radius 3 is 2.67 bits per heavy atom. The van der Waals surface area contributed by atoms with Gasteiger partial charge < -0.3 is 10.2 Å². The number of rotatable bonds is 3. The van der Waals surface area contributed by atoms with Gasteiger partial charge in [-0.25, -0.2) is 0 Å². The minimum absolute atomic E-state index is 0.553. The Hall–Kier alpha value is -0.0800. The van der Waals surface area contributed by atoms with E-state index >= 15 is 0 Å². The minimum Gasteiger partial charge on any atom is -0.317 e. The first kappa shape index (κ1) is 14.3. The molecule has 0 spiro atoms. The van der Waals surface area contributed by atoms with E-state index < -0.39 is 0 Å². The molecule has 2 rings (SSSR count). The normalized spacial score (nSPS) is 37.7. The van der Waals surface area contributed by atoms with Crippen LogP contribution in [0.3, 0.4) is 0 Å². The molecule has 0 bridgehead atoms. The van der Waals surface area contributed by atoms with Crippen molar-refractivity contribution in [1.29, 1.82) is 0 Å². The van der Waals surface area contributed by atoms with Gasteiger partial charge in [0.1, 0.15) is 0 Å². The number of nitrogens with one attached hydrogen (secondary N) is 1. The van der Waals surface area contributed by atoms with Crippen LogP contribution in [0, 0.1) is 11.3 Å². The number of hydrogen-bond donors (Lipinski definition) is 1. The van der Waals surface area contributed by atoms with E-state index in [0.29, 0.717) is 5.41 Å². The van der Waals surface area contributed by atoms with Crippen LogP contribution in [-0.2, 0) is 0 Å². The lowest BCUT2D eigenvalue weighted by molar-refractivity contribution is 0.0725. The highest BCUT2D eigenvalue weighted by Gasteiger charge is 2.35. The summed E-state index contributed by atoms with van der Waals surface area (Å²) in [5, 5.41) is 3.57. The summed E-state index contributed by atoms with van der Waals surface area (Å²) in [6.07, 6.45) is 8.37. The average Bonchev–Trinajstić information content (AvgIpc) is 2.31. The molecule has 106 valence electrons. The van der Waals surface area contributed by atoms with Crippen molar-refractivity contribution in [1.82, 2.24) is 10.2 Å². The molecular formula is C16H32N2. The molecule has 0 aromatic rings. The van der Waals surface area contributed by atoms with Gasteiger partial charge in [-0.05, 0) is 64.0 Å². The summed E-state index contributed by atoms with van der Waals surface area (Å²) in [7, 11) is 2.15. The first-order valence-electron chi connectivity index (χ1n) is 7.93. The average molecular weight is 252 g/mol. The van der Waals surface area contributed by atoms with Gasteiger partial charge >= 0.3 is 0 Å². The zero-order valence-corrected chi connectivity index (χ0v) is 12.8. The Kier molecular flexibility index (Phi) is 4.71. The molecule has 18 heavy (non-hydrogen) atoms. The zero-order chi connectivity index (χ0) is 13.2. The molecule has 2 fully saturated rings. The molecular weight excluding hydrogens is 220 g/mol. The molecule has 1 N–H and O–H groups in total. The van der Waals surface area contributed by atoms with Crippen LogP contribution in [0.2, 0.25) is 0 Å². The van der Waals surface area contributed by atoms with E-state index in [0.717, 1.165) is 18.0 Å². The molecule has 1 aliphatic heterocycles. The van der Waals surface area contributed by atoms with Gasteiger partial charge in [-0.1, -0.05) is 20.3 Å². The minimum atomic E-state index is 0.553. The molecule has 0 amide bonds. The van der Waals surface area contributed by atoms with Crippen molar-refractivity contribution in [2.24, 2.45) is 11.3 Å². The predicted octanol–water partition coefficient (Wildman–Crippen LogP) is 3.28. The quantitative estimate of drug-likeness (QED) is 0.829. The fourth-order valence-electron chi connectivity index (χ4n) is 4.04. The maximum Gasteiger partial charge on any atom is 0.0105 e. The first-order valence-corrected chi connectivity index (χ1v) is 7.93. The van der Waals surface area contributed by atoms with Gasteiger partial charge in [-0.2, -0.15) is 0 Å². The molecule has 1 saturated carbocycles. The molecule has 2 nitrogen and oxygen atoms in total. The van der Waals surface area contributed by atoms with Crippen molar-refractivity contribution in [3.63, 3.8) is 0 Å². The van der Waals surface area contributed by atoms with Crippen molar-refractivity contribution in [3.05, 3.63) is 0 Å². The summed E-state index contributed by atoms with van der Waals surface area (Å²) < 4.78 is 0. The summed E-state index contributed by atoms with van der Waals surface area (Å²) in [6, 6.07) is 1.55. The van der Waals surface area contributed by atoms with E-state index in [2.05, 4.69) is 38.0 Å². The second-order valence-electron chi connectivity index (χ2n) is 7.40. The predicted molar refractivity (Wildman–Crippen MR) is 78.9 cm³/mol. The topological polar surface area (TPSA) is 15.3 Å². The smallest absolute Gasteiger partial charge is 0.0105 e. The van der Waals surface area contributed by atoms with E-state index in [1.54, 1.807) is 0 Å². The number of likely N-dealkylation sites (tertiary alicyclic amines) is 1. The van der Waals surface area contributed by atoms with E-state index in [9.17, 15) is 0 Å². The molecule has 3 atom stereocenters. The highest BCUT2D eigenvalue weighted by atomic mass is 15.2. The Morgan fingerprint density at radius 1 is 1.22 bits per heavy atom. The third kappa shape index (κ3) is 3.48. The maximum absolute atomic E-state index is 3.57. The van der Waals surface area contributed by atoms with E-state index in [1.807, 2.05) is 0 Å². The zero-order valence-electron chi connectivity index (χ0n) is 12.8. The summed E-state index contributed by atoms with van der Waals surface area (Å²) in [5.74, 6) is 0.847. The van der Waals surface area contributed by atoms with Crippen molar-refractivity contribution in [2.45, 2.75) is 71.4 Å². The van der Waals surface area contributed by atoms with Gasteiger partial charge in [0.2, 0.25) is 0 Å². The van der Waals surface area contributed by atoms with Crippen molar-refractivity contribution >= 4 is 0 Å². The Bertz CT molecular complexity index is 262. The first-order chi connectivity index (χ1) is 8.52. The Labute approximate surface area is 114 Å². The highest BCUT2D eigenvalue weighted by molar-refractivity contribution is 4.90. The molecule has 3 unspecified atom stereocenters. The fraction of sp³-hybridized carbons (Fsp3) is 1.00. The number of hydrogen-bond acceptors (Lipinski definition) is 2. The molecule has 1 saturated heterocycles. The maximum atomic E-state index is 3.57.